The fourth-order valence-electron chi connectivity index (χ4n) is 3.07. The number of rotatable bonds is 4. The highest BCUT2D eigenvalue weighted by atomic mass is 35.5. The molecule has 0 saturated carbocycles. The van der Waals surface area contributed by atoms with Crippen molar-refractivity contribution in [1.82, 2.24) is 14.8 Å². The standard InChI is InChI=1S/C20H22ClN3O3/c1-12-19(15-7-9-17(21)23-22-15)14-10-13(26-5)6-8-16(14)24(12)11-18(25)27-20(2,3)4/h6-10H,11H2,1-5H3. The largest absolute Gasteiger partial charge is 0.497 e. The number of hydrogen-bond donors (Lipinski definition) is 0. The third-order valence-electron chi connectivity index (χ3n) is 4.13. The Labute approximate surface area is 163 Å². The van der Waals surface area contributed by atoms with E-state index in [2.05, 4.69) is 10.2 Å². The maximum absolute atomic E-state index is 12.4. The van der Waals surface area contributed by atoms with Gasteiger partial charge in [0.15, 0.2) is 5.15 Å². The summed E-state index contributed by atoms with van der Waals surface area (Å²) < 4.78 is 12.8. The normalized spacial score (nSPS) is 11.6. The number of benzene rings is 1. The van der Waals surface area contributed by atoms with E-state index in [-0.39, 0.29) is 12.5 Å². The van der Waals surface area contributed by atoms with E-state index in [1.165, 1.54) is 0 Å². The molecule has 0 saturated heterocycles. The van der Waals surface area contributed by atoms with Crippen LogP contribution in [0.1, 0.15) is 26.5 Å². The third kappa shape index (κ3) is 4.06. The molecular weight excluding hydrogens is 366 g/mol. The van der Waals surface area contributed by atoms with Crippen LogP contribution in [-0.2, 0) is 16.1 Å². The molecule has 0 amide bonds. The molecule has 7 heteroatoms. The zero-order chi connectivity index (χ0) is 19.8. The summed E-state index contributed by atoms with van der Waals surface area (Å²) in [6.45, 7) is 7.61. The molecule has 142 valence electrons. The van der Waals surface area contributed by atoms with Gasteiger partial charge in [-0.1, -0.05) is 11.6 Å². The monoisotopic (exact) mass is 387 g/mol. The molecule has 1 aromatic carbocycles. The van der Waals surface area contributed by atoms with Gasteiger partial charge in [0.05, 0.1) is 12.8 Å². The first kappa shape index (κ1) is 19.2. The number of methoxy groups -OCH3 is 1. The zero-order valence-electron chi connectivity index (χ0n) is 16.0. The highest BCUT2D eigenvalue weighted by Gasteiger charge is 2.22. The summed E-state index contributed by atoms with van der Waals surface area (Å²) in [5.74, 6) is 0.423. The molecule has 3 rings (SSSR count). The van der Waals surface area contributed by atoms with Crippen LogP contribution in [-0.4, -0.2) is 33.4 Å². The van der Waals surface area contributed by atoms with Crippen LogP contribution in [0.4, 0.5) is 0 Å². The molecular formula is C20H22ClN3O3. The molecule has 0 aliphatic rings. The SMILES string of the molecule is COc1ccc2c(c1)c(-c1ccc(Cl)nn1)c(C)n2CC(=O)OC(C)(C)C. The molecule has 2 aromatic heterocycles. The van der Waals surface area contributed by atoms with Gasteiger partial charge < -0.3 is 14.0 Å². The molecule has 6 nitrogen and oxygen atoms in total. The summed E-state index contributed by atoms with van der Waals surface area (Å²) >= 11 is 5.88. The number of fused-ring (bicyclic) bond motifs is 1. The number of nitrogens with zero attached hydrogens (tertiary/aromatic N) is 3. The Morgan fingerprint density at radius 3 is 2.52 bits per heavy atom. The minimum absolute atomic E-state index is 0.104. The number of esters is 1. The molecule has 0 N–H and O–H groups in total. The predicted molar refractivity (Wildman–Crippen MR) is 105 cm³/mol. The van der Waals surface area contributed by atoms with Crippen LogP contribution in [0.5, 0.6) is 5.75 Å². The van der Waals surface area contributed by atoms with Gasteiger partial charge in [-0.2, -0.15) is 0 Å². The lowest BCUT2D eigenvalue weighted by atomic mass is 10.1. The van der Waals surface area contributed by atoms with Crippen molar-refractivity contribution in [3.63, 3.8) is 0 Å². The Hall–Kier alpha value is -2.60. The fraction of sp³-hybridized carbons (Fsp3) is 0.350. The highest BCUT2D eigenvalue weighted by Crippen LogP contribution is 2.35. The van der Waals surface area contributed by atoms with Crippen molar-refractivity contribution in [3.8, 4) is 17.0 Å². The molecule has 3 aromatic rings. The van der Waals surface area contributed by atoms with Crippen molar-refractivity contribution < 1.29 is 14.3 Å². The lowest BCUT2D eigenvalue weighted by Gasteiger charge is -2.20. The van der Waals surface area contributed by atoms with Gasteiger partial charge in [0.25, 0.3) is 0 Å². The van der Waals surface area contributed by atoms with Crippen LogP contribution in [0.25, 0.3) is 22.2 Å². The number of aromatic nitrogens is 3. The molecule has 0 spiro atoms. The van der Waals surface area contributed by atoms with Crippen molar-refractivity contribution in [2.45, 2.75) is 39.8 Å². The maximum Gasteiger partial charge on any atom is 0.326 e. The molecule has 27 heavy (non-hydrogen) atoms. The van der Waals surface area contributed by atoms with E-state index in [1.54, 1.807) is 13.2 Å². The van der Waals surface area contributed by atoms with Gasteiger partial charge in [-0.05, 0) is 58.0 Å². The Balaban J connectivity index is 2.15. The first-order chi connectivity index (χ1) is 12.7. The second kappa shape index (κ2) is 7.19. The van der Waals surface area contributed by atoms with Crippen molar-refractivity contribution in [1.29, 1.82) is 0 Å². The quantitative estimate of drug-likeness (QED) is 0.620. The summed E-state index contributed by atoms with van der Waals surface area (Å²) in [6.07, 6.45) is 0. The van der Waals surface area contributed by atoms with Gasteiger partial charge in [0, 0.05) is 22.2 Å². The van der Waals surface area contributed by atoms with Crippen LogP contribution < -0.4 is 4.74 Å². The summed E-state index contributed by atoms with van der Waals surface area (Å²) in [5, 5.41) is 9.41. The van der Waals surface area contributed by atoms with Gasteiger partial charge >= 0.3 is 5.97 Å². The number of ether oxygens (including phenoxy) is 2. The molecule has 0 unspecified atom stereocenters. The van der Waals surface area contributed by atoms with E-state index in [0.717, 1.165) is 27.9 Å². The number of hydrogen-bond acceptors (Lipinski definition) is 5. The third-order valence-corrected chi connectivity index (χ3v) is 4.33. The first-order valence-corrected chi connectivity index (χ1v) is 8.95. The smallest absolute Gasteiger partial charge is 0.326 e. The summed E-state index contributed by atoms with van der Waals surface area (Å²) in [6, 6.07) is 9.23. The zero-order valence-corrected chi connectivity index (χ0v) is 16.8. The molecule has 2 heterocycles. The van der Waals surface area contributed by atoms with Gasteiger partial charge in [0.2, 0.25) is 0 Å². The average Bonchev–Trinajstić information content (AvgIpc) is 2.85. The van der Waals surface area contributed by atoms with Crippen LogP contribution in [0.3, 0.4) is 0 Å². The van der Waals surface area contributed by atoms with E-state index in [1.807, 2.05) is 56.5 Å². The minimum atomic E-state index is -0.540. The van der Waals surface area contributed by atoms with Crippen molar-refractivity contribution >= 4 is 28.5 Å². The summed E-state index contributed by atoms with van der Waals surface area (Å²) in [4.78, 5) is 12.4. The van der Waals surface area contributed by atoms with Gasteiger partial charge in [0.1, 0.15) is 17.9 Å². The summed E-state index contributed by atoms with van der Waals surface area (Å²) in [7, 11) is 1.62. The second-order valence-corrected chi connectivity index (χ2v) is 7.64. The van der Waals surface area contributed by atoms with E-state index in [9.17, 15) is 4.79 Å². The molecule has 0 bridgehead atoms. The molecule has 0 aliphatic carbocycles. The molecule has 0 radical (unpaired) electrons. The average molecular weight is 388 g/mol. The van der Waals surface area contributed by atoms with Crippen LogP contribution in [0.15, 0.2) is 30.3 Å². The Morgan fingerprint density at radius 1 is 1.19 bits per heavy atom. The van der Waals surface area contributed by atoms with E-state index in [0.29, 0.717) is 10.8 Å². The Bertz CT molecular complexity index is 988. The molecule has 0 aliphatic heterocycles. The first-order valence-electron chi connectivity index (χ1n) is 8.58. The fourth-order valence-corrected chi connectivity index (χ4v) is 3.17. The minimum Gasteiger partial charge on any atom is -0.497 e. The molecule has 0 fully saturated rings. The molecule has 0 atom stereocenters. The van der Waals surface area contributed by atoms with Crippen LogP contribution in [0.2, 0.25) is 5.15 Å². The topological polar surface area (TPSA) is 66.2 Å². The number of carbonyl (C=O) groups excluding carboxylic acids is 1. The summed E-state index contributed by atoms with van der Waals surface area (Å²) in [5.41, 5.74) is 2.81. The Kier molecular flexibility index (Phi) is 5.11. The van der Waals surface area contributed by atoms with Gasteiger partial charge in [-0.3, -0.25) is 4.79 Å². The van der Waals surface area contributed by atoms with Crippen LogP contribution >= 0.6 is 11.6 Å². The van der Waals surface area contributed by atoms with Crippen molar-refractivity contribution in [3.05, 3.63) is 41.2 Å². The maximum atomic E-state index is 12.4. The van der Waals surface area contributed by atoms with E-state index in [4.69, 9.17) is 21.1 Å². The Morgan fingerprint density at radius 2 is 1.93 bits per heavy atom. The lowest BCUT2D eigenvalue weighted by molar-refractivity contribution is -0.155. The van der Waals surface area contributed by atoms with Crippen LogP contribution in [0, 0.1) is 6.92 Å². The highest BCUT2D eigenvalue weighted by molar-refractivity contribution is 6.29. The van der Waals surface area contributed by atoms with Gasteiger partial charge in [-0.15, -0.1) is 10.2 Å². The van der Waals surface area contributed by atoms with Crippen molar-refractivity contribution in [2.24, 2.45) is 0 Å². The van der Waals surface area contributed by atoms with Gasteiger partial charge in [-0.25, -0.2) is 0 Å². The van der Waals surface area contributed by atoms with Crippen molar-refractivity contribution in [2.75, 3.05) is 7.11 Å². The second-order valence-electron chi connectivity index (χ2n) is 7.26. The number of carbonyl (C=O) groups is 1. The van der Waals surface area contributed by atoms with E-state index < -0.39 is 5.60 Å². The predicted octanol–water partition coefficient (Wildman–Crippen LogP) is 4.41. The number of halogens is 1. The lowest BCUT2D eigenvalue weighted by Crippen LogP contribution is -2.26. The van der Waals surface area contributed by atoms with E-state index >= 15 is 0 Å².